The van der Waals surface area contributed by atoms with Gasteiger partial charge in [-0.2, -0.15) is 0 Å². The molecule has 2 amide bonds. The molecule has 1 aromatic rings. The van der Waals surface area contributed by atoms with Gasteiger partial charge in [0.2, 0.25) is 11.8 Å². The first-order chi connectivity index (χ1) is 12.3. The Kier molecular flexibility index (Phi) is 9.63. The average molecular weight is 414 g/mol. The molecule has 0 radical (unpaired) electrons. The van der Waals surface area contributed by atoms with Crippen LogP contribution < -0.4 is 16.4 Å². The van der Waals surface area contributed by atoms with Gasteiger partial charge in [-0.05, 0) is 37.8 Å². The number of benzene rings is 1. The molecule has 1 aromatic carbocycles. The van der Waals surface area contributed by atoms with Crippen LogP contribution in [0.1, 0.15) is 45.1 Å². The van der Waals surface area contributed by atoms with Crippen LogP contribution in [-0.2, 0) is 9.59 Å². The van der Waals surface area contributed by atoms with E-state index in [1.165, 1.54) is 23.3 Å². The van der Waals surface area contributed by atoms with Crippen molar-refractivity contribution in [1.82, 2.24) is 10.6 Å². The second-order valence-corrected chi connectivity index (χ2v) is 9.11. The number of halogens is 1. The van der Waals surface area contributed by atoms with Gasteiger partial charge in [0.1, 0.15) is 0 Å². The Balaban J connectivity index is 0.00000364. The van der Waals surface area contributed by atoms with Crippen LogP contribution >= 0.6 is 24.2 Å². The quantitative estimate of drug-likeness (QED) is 0.611. The number of thioether (sulfide) groups is 1. The molecule has 152 valence electrons. The Morgan fingerprint density at radius 3 is 2.30 bits per heavy atom. The first-order valence-electron chi connectivity index (χ1n) is 9.37. The third-order valence-corrected chi connectivity index (χ3v) is 6.42. The molecule has 0 unspecified atom stereocenters. The Hall–Kier alpha value is -1.24. The van der Waals surface area contributed by atoms with Crippen molar-refractivity contribution in [3.05, 3.63) is 29.8 Å². The topological polar surface area (TPSA) is 84.2 Å². The molecule has 2 rings (SSSR count). The summed E-state index contributed by atoms with van der Waals surface area (Å²) >= 11 is 1.86. The molecule has 0 aromatic heterocycles. The second kappa shape index (κ2) is 10.9. The number of carbonyl (C=O) groups excluding carboxylic acids is 2. The van der Waals surface area contributed by atoms with Gasteiger partial charge in [-0.1, -0.05) is 44.4 Å². The van der Waals surface area contributed by atoms with E-state index in [4.69, 9.17) is 5.73 Å². The molecule has 5 nitrogen and oxygen atoms in total. The van der Waals surface area contributed by atoms with Gasteiger partial charge in [0.15, 0.2) is 0 Å². The fraction of sp³-hybridized carbons (Fsp3) is 0.600. The molecule has 1 atom stereocenters. The van der Waals surface area contributed by atoms with Gasteiger partial charge in [0.05, 0.1) is 12.6 Å². The summed E-state index contributed by atoms with van der Waals surface area (Å²) < 4.78 is 0.0449. The van der Waals surface area contributed by atoms with Gasteiger partial charge in [0.25, 0.3) is 0 Å². The normalized spacial score (nSPS) is 16.5. The number of nitrogens with one attached hydrogen (secondary N) is 2. The summed E-state index contributed by atoms with van der Waals surface area (Å²) in [6.07, 6.45) is 4.57. The SMILES string of the molecule is Cc1ccc(SC2(CNC(=O)CNC(=O)[C@@H](N)C(C)C)CCCC2)cc1.Cl. The molecule has 1 fully saturated rings. The van der Waals surface area contributed by atoms with Crippen LogP contribution in [0.3, 0.4) is 0 Å². The predicted molar refractivity (Wildman–Crippen MR) is 114 cm³/mol. The highest BCUT2D eigenvalue weighted by Crippen LogP contribution is 2.44. The van der Waals surface area contributed by atoms with Crippen molar-refractivity contribution in [3.8, 4) is 0 Å². The number of rotatable bonds is 8. The highest BCUT2D eigenvalue weighted by molar-refractivity contribution is 8.00. The lowest BCUT2D eigenvalue weighted by Gasteiger charge is -2.29. The standard InChI is InChI=1S/C20H31N3O2S.ClH/c1-14(2)18(21)19(25)22-12-17(24)23-13-20(10-4-5-11-20)26-16-8-6-15(3)7-9-16;/h6-9,14,18H,4-5,10-13,21H2,1-3H3,(H,22,25)(H,23,24);1H/t18-;/m0./s1. The Morgan fingerprint density at radius 2 is 1.74 bits per heavy atom. The lowest BCUT2D eigenvalue weighted by molar-refractivity contribution is -0.127. The Morgan fingerprint density at radius 1 is 1.15 bits per heavy atom. The number of amides is 2. The van der Waals surface area contributed by atoms with E-state index in [9.17, 15) is 9.59 Å². The monoisotopic (exact) mass is 413 g/mol. The number of aryl methyl sites for hydroxylation is 1. The molecule has 1 aliphatic rings. The zero-order chi connectivity index (χ0) is 19.2. The van der Waals surface area contributed by atoms with E-state index in [2.05, 4.69) is 41.8 Å². The number of nitrogens with two attached hydrogens (primary N) is 1. The minimum Gasteiger partial charge on any atom is -0.353 e. The molecular formula is C20H32ClN3O2S. The molecule has 0 saturated heterocycles. The van der Waals surface area contributed by atoms with E-state index < -0.39 is 6.04 Å². The lowest BCUT2D eigenvalue weighted by atomic mass is 10.1. The van der Waals surface area contributed by atoms with Crippen LogP contribution in [0.2, 0.25) is 0 Å². The van der Waals surface area contributed by atoms with Crippen LogP contribution in [0.15, 0.2) is 29.2 Å². The van der Waals surface area contributed by atoms with Gasteiger partial charge in [-0.25, -0.2) is 0 Å². The zero-order valence-corrected chi connectivity index (χ0v) is 18.1. The van der Waals surface area contributed by atoms with E-state index in [0.29, 0.717) is 6.54 Å². The maximum Gasteiger partial charge on any atom is 0.239 e. The van der Waals surface area contributed by atoms with Crippen molar-refractivity contribution in [2.75, 3.05) is 13.1 Å². The summed E-state index contributed by atoms with van der Waals surface area (Å²) in [4.78, 5) is 25.3. The summed E-state index contributed by atoms with van der Waals surface area (Å²) in [5.41, 5.74) is 7.04. The van der Waals surface area contributed by atoms with E-state index in [1.54, 1.807) is 0 Å². The smallest absolute Gasteiger partial charge is 0.239 e. The largest absolute Gasteiger partial charge is 0.353 e. The maximum atomic E-state index is 12.2. The van der Waals surface area contributed by atoms with Crippen molar-refractivity contribution >= 4 is 36.0 Å². The Labute approximate surface area is 173 Å². The van der Waals surface area contributed by atoms with Crippen LogP contribution in [0, 0.1) is 12.8 Å². The molecule has 7 heteroatoms. The summed E-state index contributed by atoms with van der Waals surface area (Å²) in [6.45, 7) is 6.45. The van der Waals surface area contributed by atoms with Crippen molar-refractivity contribution < 1.29 is 9.59 Å². The highest BCUT2D eigenvalue weighted by Gasteiger charge is 2.35. The molecule has 0 spiro atoms. The molecule has 0 heterocycles. The summed E-state index contributed by atoms with van der Waals surface area (Å²) in [5, 5.41) is 5.63. The molecule has 4 N–H and O–H groups in total. The van der Waals surface area contributed by atoms with Gasteiger partial charge < -0.3 is 16.4 Å². The molecule has 0 aliphatic heterocycles. The van der Waals surface area contributed by atoms with Crippen molar-refractivity contribution in [1.29, 1.82) is 0 Å². The lowest BCUT2D eigenvalue weighted by Crippen LogP contribution is -2.48. The van der Waals surface area contributed by atoms with Crippen LogP contribution in [0.25, 0.3) is 0 Å². The third-order valence-electron chi connectivity index (χ3n) is 4.92. The summed E-state index contributed by atoms with van der Waals surface area (Å²) in [6, 6.07) is 7.96. The third kappa shape index (κ3) is 7.35. The minimum absolute atomic E-state index is 0. The predicted octanol–water partition coefficient (Wildman–Crippen LogP) is 3.04. The van der Waals surface area contributed by atoms with Crippen molar-refractivity contribution in [2.45, 2.75) is 62.1 Å². The van der Waals surface area contributed by atoms with Gasteiger partial charge >= 0.3 is 0 Å². The Bertz CT molecular complexity index is 616. The van der Waals surface area contributed by atoms with Crippen molar-refractivity contribution in [3.63, 3.8) is 0 Å². The van der Waals surface area contributed by atoms with E-state index in [1.807, 2.05) is 25.6 Å². The van der Waals surface area contributed by atoms with Gasteiger partial charge in [-0.15, -0.1) is 24.2 Å². The second-order valence-electron chi connectivity index (χ2n) is 7.57. The molecule has 27 heavy (non-hydrogen) atoms. The maximum absolute atomic E-state index is 12.2. The summed E-state index contributed by atoms with van der Waals surface area (Å²) in [5.74, 6) is -0.393. The first-order valence-corrected chi connectivity index (χ1v) is 10.2. The van der Waals surface area contributed by atoms with Crippen LogP contribution in [0.4, 0.5) is 0 Å². The number of hydrogen-bond acceptors (Lipinski definition) is 4. The van der Waals surface area contributed by atoms with E-state index in [0.717, 1.165) is 12.8 Å². The molecular weight excluding hydrogens is 382 g/mol. The van der Waals surface area contributed by atoms with E-state index >= 15 is 0 Å². The fourth-order valence-corrected chi connectivity index (χ4v) is 4.51. The minimum atomic E-state index is -0.582. The van der Waals surface area contributed by atoms with Crippen LogP contribution in [-0.4, -0.2) is 35.7 Å². The average Bonchev–Trinajstić information content (AvgIpc) is 3.08. The molecule has 0 bridgehead atoms. The number of carbonyl (C=O) groups is 2. The molecule has 1 saturated carbocycles. The van der Waals surface area contributed by atoms with Gasteiger partial charge in [-0.3, -0.25) is 9.59 Å². The highest BCUT2D eigenvalue weighted by atomic mass is 35.5. The summed E-state index contributed by atoms with van der Waals surface area (Å²) in [7, 11) is 0. The zero-order valence-electron chi connectivity index (χ0n) is 16.4. The van der Waals surface area contributed by atoms with Crippen molar-refractivity contribution in [2.24, 2.45) is 11.7 Å². The number of hydrogen-bond donors (Lipinski definition) is 3. The van der Waals surface area contributed by atoms with E-state index in [-0.39, 0.29) is 41.4 Å². The van der Waals surface area contributed by atoms with Gasteiger partial charge in [0, 0.05) is 16.2 Å². The first kappa shape index (κ1) is 23.8. The fourth-order valence-electron chi connectivity index (χ4n) is 3.10. The molecule has 1 aliphatic carbocycles. The van der Waals surface area contributed by atoms with Crippen LogP contribution in [0.5, 0.6) is 0 Å².